The van der Waals surface area contributed by atoms with Crippen LogP contribution in [0.25, 0.3) is 0 Å². The van der Waals surface area contributed by atoms with E-state index >= 15 is 0 Å². The number of hydrogen-bond acceptors (Lipinski definition) is 9. The SMILES string of the molecule is COC(=O)[C@]1(O)C[C@H](O)[C@@H](NC(C)=S)[C@H]([C@H](O)[C@H](O)CO)O1. The topological polar surface area (TPSA) is 149 Å². The fourth-order valence-corrected chi connectivity index (χ4v) is 2.43. The fraction of sp³-hybridized carbons (Fsp3) is 0.833. The van der Waals surface area contributed by atoms with Gasteiger partial charge in [-0.15, -0.1) is 0 Å². The lowest BCUT2D eigenvalue weighted by atomic mass is 9.88. The average Bonchev–Trinajstić information content (AvgIpc) is 2.46. The minimum Gasteiger partial charge on any atom is -0.465 e. The molecule has 0 spiro atoms. The van der Waals surface area contributed by atoms with Gasteiger partial charge in [-0.2, -0.15) is 0 Å². The lowest BCUT2D eigenvalue weighted by Gasteiger charge is -2.45. The fourth-order valence-electron chi connectivity index (χ4n) is 2.29. The number of ether oxygens (including phenoxy) is 2. The van der Waals surface area contributed by atoms with E-state index in [4.69, 9.17) is 22.1 Å². The van der Waals surface area contributed by atoms with Crippen molar-refractivity contribution in [2.45, 2.75) is 49.6 Å². The minimum absolute atomic E-state index is 0.270. The van der Waals surface area contributed by atoms with Crippen molar-refractivity contribution in [2.24, 2.45) is 0 Å². The standard InChI is InChI=1S/C12H21NO8S/c1-5(22)13-8-6(15)3-12(19,11(18)20-2)21-10(8)9(17)7(16)4-14/h6-10,14-17,19H,3-4H2,1-2H3,(H,13,22)/t6-,7+,8+,9+,10+,12-/m0/s1. The number of methoxy groups -OCH3 is 1. The first kappa shape index (κ1) is 19.2. The predicted octanol–water partition coefficient (Wildman–Crippen LogP) is -2.98. The molecule has 0 aliphatic carbocycles. The van der Waals surface area contributed by atoms with E-state index in [1.165, 1.54) is 6.92 Å². The van der Waals surface area contributed by atoms with Gasteiger partial charge in [0.2, 0.25) is 0 Å². The number of rotatable bonds is 5. The van der Waals surface area contributed by atoms with Gasteiger partial charge in [0.1, 0.15) is 18.3 Å². The van der Waals surface area contributed by atoms with Gasteiger partial charge in [0, 0.05) is 6.42 Å². The Balaban J connectivity index is 3.09. The summed E-state index contributed by atoms with van der Waals surface area (Å²) in [5.74, 6) is -3.64. The van der Waals surface area contributed by atoms with Crippen molar-refractivity contribution in [1.29, 1.82) is 0 Å². The second-order valence-electron chi connectivity index (χ2n) is 5.10. The Labute approximate surface area is 132 Å². The van der Waals surface area contributed by atoms with E-state index in [1.54, 1.807) is 0 Å². The van der Waals surface area contributed by atoms with Crippen LogP contribution in [0.15, 0.2) is 0 Å². The lowest BCUT2D eigenvalue weighted by molar-refractivity contribution is -0.295. The van der Waals surface area contributed by atoms with Crippen molar-refractivity contribution in [3.63, 3.8) is 0 Å². The number of nitrogens with one attached hydrogen (secondary N) is 1. The molecule has 1 saturated heterocycles. The average molecular weight is 339 g/mol. The largest absolute Gasteiger partial charge is 0.465 e. The highest BCUT2D eigenvalue weighted by molar-refractivity contribution is 7.80. The molecule has 0 amide bonds. The molecular formula is C12H21NO8S. The van der Waals surface area contributed by atoms with E-state index in [0.717, 1.165) is 7.11 Å². The molecule has 0 saturated carbocycles. The molecule has 10 heteroatoms. The number of thiocarbonyl (C=S) groups is 1. The smallest absolute Gasteiger partial charge is 0.366 e. The van der Waals surface area contributed by atoms with E-state index in [9.17, 15) is 25.2 Å². The van der Waals surface area contributed by atoms with Crippen LogP contribution in [-0.4, -0.2) is 86.5 Å². The van der Waals surface area contributed by atoms with Crippen molar-refractivity contribution >= 4 is 23.2 Å². The predicted molar refractivity (Wildman–Crippen MR) is 76.8 cm³/mol. The van der Waals surface area contributed by atoms with Gasteiger partial charge in [0.15, 0.2) is 0 Å². The van der Waals surface area contributed by atoms with Gasteiger partial charge in [-0.3, -0.25) is 0 Å². The van der Waals surface area contributed by atoms with Crippen LogP contribution in [0.1, 0.15) is 13.3 Å². The third-order valence-electron chi connectivity index (χ3n) is 3.38. The summed E-state index contributed by atoms with van der Waals surface area (Å²) in [4.78, 5) is 11.9. The van der Waals surface area contributed by atoms with E-state index in [2.05, 4.69) is 10.1 Å². The first-order chi connectivity index (χ1) is 10.2. The van der Waals surface area contributed by atoms with Gasteiger partial charge in [-0.25, -0.2) is 4.79 Å². The number of esters is 1. The Morgan fingerprint density at radius 3 is 2.59 bits per heavy atom. The maximum atomic E-state index is 11.6. The van der Waals surface area contributed by atoms with Gasteiger partial charge in [0.25, 0.3) is 5.79 Å². The molecule has 1 rings (SSSR count). The Hall–Kier alpha value is -0.880. The molecule has 128 valence electrons. The molecule has 0 unspecified atom stereocenters. The quantitative estimate of drug-likeness (QED) is 0.226. The number of carbonyl (C=O) groups is 1. The van der Waals surface area contributed by atoms with Gasteiger partial charge in [0.05, 0.1) is 30.9 Å². The molecule has 1 aliphatic heterocycles. The zero-order valence-corrected chi connectivity index (χ0v) is 13.0. The highest BCUT2D eigenvalue weighted by atomic mass is 32.1. The molecule has 9 nitrogen and oxygen atoms in total. The van der Waals surface area contributed by atoms with E-state index < -0.39 is 55.2 Å². The third-order valence-corrected chi connectivity index (χ3v) is 3.50. The Morgan fingerprint density at radius 2 is 2.14 bits per heavy atom. The maximum Gasteiger partial charge on any atom is 0.366 e. The monoisotopic (exact) mass is 339 g/mol. The van der Waals surface area contributed by atoms with E-state index in [1.807, 2.05) is 0 Å². The summed E-state index contributed by atoms with van der Waals surface area (Å²) in [7, 11) is 1.02. The number of aliphatic hydroxyl groups is 5. The molecule has 6 atom stereocenters. The summed E-state index contributed by atoms with van der Waals surface area (Å²) in [6, 6.07) is -1.00. The third kappa shape index (κ3) is 4.10. The van der Waals surface area contributed by atoms with Crippen molar-refractivity contribution in [2.75, 3.05) is 13.7 Å². The molecule has 6 N–H and O–H groups in total. The van der Waals surface area contributed by atoms with Gasteiger partial charge in [-0.05, 0) is 6.92 Å². The molecular weight excluding hydrogens is 318 g/mol. The summed E-state index contributed by atoms with van der Waals surface area (Å²) in [6.07, 6.45) is -6.57. The normalized spacial score (nSPS) is 34.6. The number of hydrogen-bond donors (Lipinski definition) is 6. The molecule has 0 aromatic heterocycles. The summed E-state index contributed by atoms with van der Waals surface area (Å²) in [6.45, 7) is 0.742. The lowest BCUT2D eigenvalue weighted by Crippen LogP contribution is -2.67. The first-order valence-corrected chi connectivity index (χ1v) is 6.98. The van der Waals surface area contributed by atoms with Crippen molar-refractivity contribution < 1.29 is 39.8 Å². The first-order valence-electron chi connectivity index (χ1n) is 6.57. The molecule has 0 aromatic carbocycles. The van der Waals surface area contributed by atoms with Crippen molar-refractivity contribution in [3.8, 4) is 0 Å². The van der Waals surface area contributed by atoms with Gasteiger partial charge >= 0.3 is 5.97 Å². The maximum absolute atomic E-state index is 11.6. The molecule has 0 aromatic rings. The van der Waals surface area contributed by atoms with E-state index in [0.29, 0.717) is 0 Å². The van der Waals surface area contributed by atoms with Crippen LogP contribution in [0.3, 0.4) is 0 Å². The van der Waals surface area contributed by atoms with Crippen LogP contribution in [0.4, 0.5) is 0 Å². The van der Waals surface area contributed by atoms with E-state index in [-0.39, 0.29) is 4.99 Å². The summed E-state index contributed by atoms with van der Waals surface area (Å²) in [5, 5.41) is 51.5. The molecule has 1 fully saturated rings. The van der Waals surface area contributed by atoms with Crippen molar-refractivity contribution in [3.05, 3.63) is 0 Å². The Morgan fingerprint density at radius 1 is 1.55 bits per heavy atom. The zero-order valence-electron chi connectivity index (χ0n) is 12.2. The second kappa shape index (κ2) is 7.59. The highest BCUT2D eigenvalue weighted by Gasteiger charge is 2.54. The van der Waals surface area contributed by atoms with Crippen LogP contribution in [-0.2, 0) is 14.3 Å². The second-order valence-corrected chi connectivity index (χ2v) is 5.71. The summed E-state index contributed by atoms with van der Waals surface area (Å²) < 4.78 is 9.58. The highest BCUT2D eigenvalue weighted by Crippen LogP contribution is 2.31. The Bertz CT molecular complexity index is 422. The van der Waals surface area contributed by atoms with Crippen molar-refractivity contribution in [1.82, 2.24) is 5.32 Å². The molecule has 1 aliphatic rings. The number of aliphatic hydroxyl groups excluding tert-OH is 4. The van der Waals surface area contributed by atoms with Crippen LogP contribution in [0.5, 0.6) is 0 Å². The van der Waals surface area contributed by atoms with Crippen LogP contribution >= 0.6 is 12.2 Å². The molecule has 1 heterocycles. The zero-order chi connectivity index (χ0) is 17.1. The molecule has 22 heavy (non-hydrogen) atoms. The van der Waals surface area contributed by atoms with Gasteiger partial charge < -0.3 is 40.3 Å². The molecule has 0 radical (unpaired) electrons. The Kier molecular flexibility index (Phi) is 6.62. The summed E-state index contributed by atoms with van der Waals surface area (Å²) in [5.41, 5.74) is 0. The minimum atomic E-state index is -2.48. The summed E-state index contributed by atoms with van der Waals surface area (Å²) >= 11 is 4.87. The number of carbonyl (C=O) groups excluding carboxylic acids is 1. The van der Waals surface area contributed by atoms with Crippen LogP contribution in [0, 0.1) is 0 Å². The molecule has 0 bridgehead atoms. The van der Waals surface area contributed by atoms with Gasteiger partial charge in [-0.1, -0.05) is 12.2 Å². The van der Waals surface area contributed by atoms with Crippen LogP contribution in [0.2, 0.25) is 0 Å². The van der Waals surface area contributed by atoms with Crippen LogP contribution < -0.4 is 5.32 Å².